The molecule has 1 unspecified atom stereocenters. The van der Waals surface area contributed by atoms with Crippen LogP contribution < -0.4 is 19.9 Å². The van der Waals surface area contributed by atoms with E-state index in [4.69, 9.17) is 14.6 Å². The topological polar surface area (TPSA) is 119 Å². The Kier molecular flexibility index (Phi) is 9.82. The predicted molar refractivity (Wildman–Crippen MR) is 148 cm³/mol. The molecular formula is C29H30F3N3O6. The number of piperazine rings is 1. The van der Waals surface area contributed by atoms with E-state index in [1.165, 1.54) is 17.3 Å². The number of ether oxygens (including phenoxy) is 1. The van der Waals surface area contributed by atoms with E-state index in [9.17, 15) is 27.9 Å². The molecule has 0 aliphatic carbocycles. The highest BCUT2D eigenvalue weighted by Crippen LogP contribution is 2.29. The smallest absolute Gasteiger partial charge is 0.490 e. The largest absolute Gasteiger partial charge is 0.497 e. The molecule has 3 aromatic carbocycles. The molecule has 0 aromatic heterocycles. The number of nitrogens with zero attached hydrogens (tertiary/aromatic N) is 2. The molecule has 0 saturated carbocycles. The van der Waals surface area contributed by atoms with Gasteiger partial charge in [-0.25, -0.2) is 9.59 Å². The molecule has 9 nitrogen and oxygen atoms in total. The minimum absolute atomic E-state index is 0.170. The highest BCUT2D eigenvalue weighted by molar-refractivity contribution is 6.05. The van der Waals surface area contributed by atoms with Crippen LogP contribution in [0.2, 0.25) is 0 Å². The predicted octanol–water partition coefficient (Wildman–Crippen LogP) is 5.30. The molecule has 0 spiro atoms. The summed E-state index contributed by atoms with van der Waals surface area (Å²) >= 11 is 0. The number of anilines is 3. The summed E-state index contributed by atoms with van der Waals surface area (Å²) in [5, 5.41) is 19.8. The Bertz CT molecular complexity index is 1400. The van der Waals surface area contributed by atoms with Crippen LogP contribution >= 0.6 is 0 Å². The maximum atomic E-state index is 12.6. The van der Waals surface area contributed by atoms with Crippen molar-refractivity contribution in [3.05, 3.63) is 83.4 Å². The number of carbonyl (C=O) groups is 3. The van der Waals surface area contributed by atoms with Gasteiger partial charge >= 0.3 is 18.1 Å². The van der Waals surface area contributed by atoms with E-state index >= 15 is 0 Å². The summed E-state index contributed by atoms with van der Waals surface area (Å²) in [5.41, 5.74) is 4.13. The van der Waals surface area contributed by atoms with Gasteiger partial charge in [0.1, 0.15) is 5.75 Å². The van der Waals surface area contributed by atoms with Crippen molar-refractivity contribution < 1.29 is 42.5 Å². The third-order valence-corrected chi connectivity index (χ3v) is 6.38. The van der Waals surface area contributed by atoms with Crippen molar-refractivity contribution in [3.8, 4) is 5.75 Å². The summed E-state index contributed by atoms with van der Waals surface area (Å²) in [6.07, 6.45) is -5.08. The standard InChI is InChI=1S/C27H29N3O4.C2HF3O2/c1-18-5-4-6-22(15-18)30-14-13-29(17-19(30)2)25-12-9-21(16-24(25)27(32)33)28-26(31)20-7-10-23(34-3)11-8-20;3-2(4,5)1(6)7/h4-12,15-16,19H,13-14,17H2,1-3H3,(H,28,31)(H,32,33);(H,6,7). The fraction of sp³-hybridized carbons (Fsp3) is 0.276. The molecule has 1 aliphatic rings. The number of alkyl halides is 3. The number of carbonyl (C=O) groups excluding carboxylic acids is 1. The van der Waals surface area contributed by atoms with Gasteiger partial charge in [0.15, 0.2) is 0 Å². The first-order valence-electron chi connectivity index (χ1n) is 12.5. The van der Waals surface area contributed by atoms with Crippen molar-refractivity contribution in [1.82, 2.24) is 0 Å². The molecule has 1 heterocycles. The van der Waals surface area contributed by atoms with Gasteiger partial charge in [-0.1, -0.05) is 12.1 Å². The number of amides is 1. The van der Waals surface area contributed by atoms with Crippen molar-refractivity contribution in [3.63, 3.8) is 0 Å². The number of aromatic carboxylic acids is 1. The lowest BCUT2D eigenvalue weighted by Gasteiger charge is -2.42. The van der Waals surface area contributed by atoms with Crippen molar-refractivity contribution in [2.24, 2.45) is 0 Å². The number of nitrogens with one attached hydrogen (secondary N) is 1. The average molecular weight is 574 g/mol. The maximum Gasteiger partial charge on any atom is 0.490 e. The Hall–Kier alpha value is -4.74. The lowest BCUT2D eigenvalue weighted by molar-refractivity contribution is -0.192. The number of rotatable bonds is 6. The highest BCUT2D eigenvalue weighted by Gasteiger charge is 2.38. The molecule has 1 fully saturated rings. The molecule has 1 atom stereocenters. The zero-order valence-electron chi connectivity index (χ0n) is 22.6. The number of benzene rings is 3. The third kappa shape index (κ3) is 8.13. The minimum atomic E-state index is -5.08. The summed E-state index contributed by atoms with van der Waals surface area (Å²) in [7, 11) is 1.56. The zero-order chi connectivity index (χ0) is 30.3. The van der Waals surface area contributed by atoms with Crippen LogP contribution in [0.15, 0.2) is 66.7 Å². The zero-order valence-corrected chi connectivity index (χ0v) is 22.6. The minimum Gasteiger partial charge on any atom is -0.497 e. The molecule has 3 aromatic rings. The number of methoxy groups -OCH3 is 1. The van der Waals surface area contributed by atoms with Crippen LogP contribution in [0.5, 0.6) is 5.75 Å². The molecule has 218 valence electrons. The van der Waals surface area contributed by atoms with Crippen molar-refractivity contribution in [1.29, 1.82) is 0 Å². The third-order valence-electron chi connectivity index (χ3n) is 6.38. The molecule has 12 heteroatoms. The van der Waals surface area contributed by atoms with E-state index < -0.39 is 18.1 Å². The van der Waals surface area contributed by atoms with Gasteiger partial charge in [-0.15, -0.1) is 0 Å². The first-order chi connectivity index (χ1) is 19.3. The van der Waals surface area contributed by atoms with E-state index in [-0.39, 0.29) is 17.5 Å². The van der Waals surface area contributed by atoms with Crippen molar-refractivity contribution in [2.45, 2.75) is 26.1 Å². The van der Waals surface area contributed by atoms with E-state index in [1.54, 1.807) is 43.5 Å². The lowest BCUT2D eigenvalue weighted by Crippen LogP contribution is -2.52. The van der Waals surface area contributed by atoms with E-state index in [2.05, 4.69) is 53.2 Å². The van der Waals surface area contributed by atoms with Crippen LogP contribution in [-0.4, -0.2) is 67.0 Å². The fourth-order valence-electron chi connectivity index (χ4n) is 4.37. The molecule has 0 radical (unpaired) electrons. The number of hydrogen-bond acceptors (Lipinski definition) is 6. The molecule has 4 rings (SSSR count). The van der Waals surface area contributed by atoms with E-state index in [1.807, 2.05) is 0 Å². The number of halogens is 3. The van der Waals surface area contributed by atoms with Crippen LogP contribution in [0.25, 0.3) is 0 Å². The Morgan fingerprint density at radius 2 is 1.63 bits per heavy atom. The Morgan fingerprint density at radius 3 is 2.17 bits per heavy atom. The lowest BCUT2D eigenvalue weighted by atomic mass is 10.1. The van der Waals surface area contributed by atoms with Crippen LogP contribution in [0.3, 0.4) is 0 Å². The Balaban J connectivity index is 0.000000587. The van der Waals surface area contributed by atoms with Crippen molar-refractivity contribution in [2.75, 3.05) is 41.9 Å². The number of aryl methyl sites for hydroxylation is 1. The van der Waals surface area contributed by atoms with Gasteiger partial charge in [-0.2, -0.15) is 13.2 Å². The summed E-state index contributed by atoms with van der Waals surface area (Å²) < 4.78 is 36.9. The first kappa shape index (κ1) is 30.8. The normalized spacial score (nSPS) is 14.9. The Labute approximate surface area is 234 Å². The van der Waals surface area contributed by atoms with Gasteiger partial charge in [0, 0.05) is 42.6 Å². The van der Waals surface area contributed by atoms with Gasteiger partial charge in [0.2, 0.25) is 0 Å². The molecular weight excluding hydrogens is 543 g/mol. The van der Waals surface area contributed by atoms with Gasteiger partial charge in [0.05, 0.1) is 18.4 Å². The number of hydrogen-bond donors (Lipinski definition) is 3. The van der Waals surface area contributed by atoms with Crippen LogP contribution in [0.4, 0.5) is 30.2 Å². The quantitative estimate of drug-likeness (QED) is 0.364. The average Bonchev–Trinajstić information content (AvgIpc) is 2.92. The van der Waals surface area contributed by atoms with Crippen LogP contribution in [0.1, 0.15) is 33.2 Å². The van der Waals surface area contributed by atoms with E-state index in [0.717, 1.165) is 6.54 Å². The van der Waals surface area contributed by atoms with Gasteiger partial charge in [-0.05, 0) is 74.0 Å². The number of carboxylic acids is 2. The van der Waals surface area contributed by atoms with Crippen LogP contribution in [0, 0.1) is 6.92 Å². The number of aliphatic carboxylic acids is 1. The first-order valence-corrected chi connectivity index (χ1v) is 12.5. The monoisotopic (exact) mass is 573 g/mol. The molecule has 3 N–H and O–H groups in total. The second-order valence-electron chi connectivity index (χ2n) is 9.35. The summed E-state index contributed by atoms with van der Waals surface area (Å²) in [4.78, 5) is 38.0. The van der Waals surface area contributed by atoms with E-state index in [0.29, 0.717) is 35.8 Å². The summed E-state index contributed by atoms with van der Waals surface area (Å²) in [5.74, 6) is -3.44. The molecule has 1 saturated heterocycles. The second kappa shape index (κ2) is 13.1. The van der Waals surface area contributed by atoms with Crippen molar-refractivity contribution >= 4 is 34.9 Å². The SMILES string of the molecule is COc1ccc(C(=O)Nc2ccc(N3CCN(c4cccc(C)c4)C(C)C3)c(C(=O)O)c2)cc1.O=C(O)C(F)(F)F. The fourth-order valence-corrected chi connectivity index (χ4v) is 4.37. The van der Waals surface area contributed by atoms with Crippen LogP contribution in [-0.2, 0) is 4.79 Å². The maximum absolute atomic E-state index is 12.6. The van der Waals surface area contributed by atoms with Gasteiger partial charge < -0.3 is 30.1 Å². The second-order valence-corrected chi connectivity index (χ2v) is 9.35. The molecule has 1 amide bonds. The Morgan fingerprint density at radius 1 is 0.976 bits per heavy atom. The van der Waals surface area contributed by atoms with Gasteiger partial charge in [0.25, 0.3) is 5.91 Å². The summed E-state index contributed by atoms with van der Waals surface area (Å²) in [6.45, 7) is 6.43. The number of carboxylic acid groups (broad SMARTS) is 2. The molecule has 1 aliphatic heterocycles. The van der Waals surface area contributed by atoms with Gasteiger partial charge in [-0.3, -0.25) is 4.79 Å². The highest BCUT2D eigenvalue weighted by atomic mass is 19.4. The molecule has 0 bridgehead atoms. The summed E-state index contributed by atoms with van der Waals surface area (Å²) in [6, 6.07) is 20.4. The molecule has 41 heavy (non-hydrogen) atoms.